The van der Waals surface area contributed by atoms with Gasteiger partial charge >= 0.3 is 0 Å². The van der Waals surface area contributed by atoms with Gasteiger partial charge in [-0.2, -0.15) is 0 Å². The molecule has 0 spiro atoms. The first kappa shape index (κ1) is 18.9. The summed E-state index contributed by atoms with van der Waals surface area (Å²) in [6.45, 7) is 6.43. The van der Waals surface area contributed by atoms with Crippen molar-refractivity contribution in [3.63, 3.8) is 0 Å². The molecule has 2 atom stereocenters. The van der Waals surface area contributed by atoms with Crippen LogP contribution in [0.2, 0.25) is 0 Å². The van der Waals surface area contributed by atoms with E-state index in [0.29, 0.717) is 16.7 Å². The van der Waals surface area contributed by atoms with Gasteiger partial charge in [0.25, 0.3) is 5.69 Å². The molecule has 0 saturated heterocycles. The Hall–Kier alpha value is -2.47. The molecule has 2 aromatic carbocycles. The van der Waals surface area contributed by atoms with Gasteiger partial charge in [-0.25, -0.2) is 0 Å². The molecular formula is C19H23N3O2S. The maximum absolute atomic E-state index is 10.8. The minimum atomic E-state index is -0.427. The largest absolute Gasteiger partial charge is 0.356 e. The van der Waals surface area contributed by atoms with Gasteiger partial charge in [0.15, 0.2) is 5.11 Å². The van der Waals surface area contributed by atoms with Crippen LogP contribution in [0.1, 0.15) is 50.3 Å². The lowest BCUT2D eigenvalue weighted by Crippen LogP contribution is -2.30. The van der Waals surface area contributed by atoms with Crippen LogP contribution < -0.4 is 10.6 Å². The molecule has 2 aromatic rings. The van der Waals surface area contributed by atoms with Gasteiger partial charge in [0.2, 0.25) is 0 Å². The standard InChI is InChI=1S/C19H23N3O2S/c1-4-13(2)15-8-10-16(11-9-15)14(3)20-19(25)21-17-6-5-7-18(12-17)22(23)24/h5-14H,4H2,1-3H3,(H2,20,21,25). The highest BCUT2D eigenvalue weighted by Crippen LogP contribution is 2.21. The third kappa shape index (κ3) is 5.26. The molecule has 0 aliphatic carbocycles. The van der Waals surface area contributed by atoms with E-state index >= 15 is 0 Å². The van der Waals surface area contributed by atoms with E-state index in [1.54, 1.807) is 12.1 Å². The number of hydrogen-bond donors (Lipinski definition) is 2. The van der Waals surface area contributed by atoms with E-state index in [-0.39, 0.29) is 11.7 Å². The molecule has 132 valence electrons. The van der Waals surface area contributed by atoms with Crippen LogP contribution in [-0.2, 0) is 0 Å². The van der Waals surface area contributed by atoms with Crippen molar-refractivity contribution in [3.05, 3.63) is 69.8 Å². The first-order valence-corrected chi connectivity index (χ1v) is 8.73. The Bertz CT molecular complexity index is 747. The molecule has 0 saturated carbocycles. The van der Waals surface area contributed by atoms with Gasteiger partial charge in [0.1, 0.15) is 0 Å². The minimum Gasteiger partial charge on any atom is -0.356 e. The van der Waals surface area contributed by atoms with E-state index in [9.17, 15) is 10.1 Å². The molecule has 0 heterocycles. The van der Waals surface area contributed by atoms with Crippen molar-refractivity contribution in [2.45, 2.75) is 39.2 Å². The topological polar surface area (TPSA) is 67.2 Å². The highest BCUT2D eigenvalue weighted by Gasteiger charge is 2.10. The van der Waals surface area contributed by atoms with Crippen LogP contribution in [-0.4, -0.2) is 10.0 Å². The summed E-state index contributed by atoms with van der Waals surface area (Å²) in [5, 5.41) is 17.5. The molecule has 2 N–H and O–H groups in total. The summed E-state index contributed by atoms with van der Waals surface area (Å²) in [5.74, 6) is 0.550. The zero-order valence-electron chi connectivity index (χ0n) is 14.7. The van der Waals surface area contributed by atoms with Gasteiger partial charge in [-0.05, 0) is 48.7 Å². The Morgan fingerprint density at radius 1 is 1.16 bits per heavy atom. The van der Waals surface area contributed by atoms with Gasteiger partial charge in [-0.15, -0.1) is 0 Å². The fraction of sp³-hybridized carbons (Fsp3) is 0.316. The van der Waals surface area contributed by atoms with Crippen molar-refractivity contribution in [2.75, 3.05) is 5.32 Å². The van der Waals surface area contributed by atoms with Crippen molar-refractivity contribution in [2.24, 2.45) is 0 Å². The average Bonchev–Trinajstić information content (AvgIpc) is 2.61. The SMILES string of the molecule is CCC(C)c1ccc(C(C)NC(=S)Nc2cccc([N+](=O)[O-])c2)cc1. The Labute approximate surface area is 153 Å². The number of hydrogen-bond acceptors (Lipinski definition) is 3. The second-order valence-electron chi connectivity index (χ2n) is 6.10. The van der Waals surface area contributed by atoms with Crippen LogP contribution in [0.4, 0.5) is 11.4 Å². The summed E-state index contributed by atoms with van der Waals surface area (Å²) in [5.41, 5.74) is 3.08. The molecule has 0 aliphatic rings. The van der Waals surface area contributed by atoms with Crippen molar-refractivity contribution in [1.82, 2.24) is 5.32 Å². The van der Waals surface area contributed by atoms with Crippen LogP contribution in [0.5, 0.6) is 0 Å². The van der Waals surface area contributed by atoms with Gasteiger partial charge < -0.3 is 10.6 Å². The molecule has 6 heteroatoms. The maximum atomic E-state index is 10.8. The van der Waals surface area contributed by atoms with Crippen LogP contribution in [0.3, 0.4) is 0 Å². The molecule has 2 rings (SSSR count). The highest BCUT2D eigenvalue weighted by molar-refractivity contribution is 7.80. The lowest BCUT2D eigenvalue weighted by molar-refractivity contribution is -0.384. The number of anilines is 1. The lowest BCUT2D eigenvalue weighted by atomic mass is 9.96. The van der Waals surface area contributed by atoms with E-state index in [1.807, 2.05) is 6.92 Å². The Kier molecular flexibility index (Phi) is 6.47. The van der Waals surface area contributed by atoms with Crippen molar-refractivity contribution in [3.8, 4) is 0 Å². The second-order valence-corrected chi connectivity index (χ2v) is 6.51. The van der Waals surface area contributed by atoms with E-state index in [2.05, 4.69) is 48.7 Å². The first-order chi connectivity index (χ1) is 11.9. The zero-order valence-corrected chi connectivity index (χ0v) is 15.5. The Morgan fingerprint density at radius 2 is 1.80 bits per heavy atom. The molecule has 5 nitrogen and oxygen atoms in total. The zero-order chi connectivity index (χ0) is 18.4. The predicted molar refractivity (Wildman–Crippen MR) is 106 cm³/mol. The van der Waals surface area contributed by atoms with E-state index in [4.69, 9.17) is 12.2 Å². The number of nitro groups is 1. The summed E-state index contributed by atoms with van der Waals surface area (Å²) in [7, 11) is 0. The molecule has 0 radical (unpaired) electrons. The van der Waals surface area contributed by atoms with Gasteiger partial charge in [-0.3, -0.25) is 10.1 Å². The second kappa shape index (κ2) is 8.58. The van der Waals surface area contributed by atoms with Crippen LogP contribution in [0.15, 0.2) is 48.5 Å². The number of non-ortho nitro benzene ring substituents is 1. The molecule has 0 aromatic heterocycles. The normalized spacial score (nSPS) is 12.9. The van der Waals surface area contributed by atoms with E-state index < -0.39 is 4.92 Å². The Balaban J connectivity index is 1.98. The molecule has 0 fully saturated rings. The van der Waals surface area contributed by atoms with Gasteiger partial charge in [-0.1, -0.05) is 44.2 Å². The minimum absolute atomic E-state index is 0.0291. The third-order valence-electron chi connectivity index (χ3n) is 4.28. The third-order valence-corrected chi connectivity index (χ3v) is 4.50. The van der Waals surface area contributed by atoms with Crippen molar-refractivity contribution < 1.29 is 4.92 Å². The van der Waals surface area contributed by atoms with Crippen molar-refractivity contribution in [1.29, 1.82) is 0 Å². The summed E-state index contributed by atoms with van der Waals surface area (Å²) >= 11 is 5.32. The maximum Gasteiger partial charge on any atom is 0.271 e. The molecule has 0 bridgehead atoms. The number of nitro benzene ring substituents is 1. The molecular weight excluding hydrogens is 334 g/mol. The number of nitrogens with one attached hydrogen (secondary N) is 2. The highest BCUT2D eigenvalue weighted by atomic mass is 32.1. The molecule has 25 heavy (non-hydrogen) atoms. The number of thiocarbonyl (C=S) groups is 1. The summed E-state index contributed by atoms with van der Waals surface area (Å²) in [6.07, 6.45) is 1.12. The van der Waals surface area contributed by atoms with Gasteiger partial charge in [0, 0.05) is 17.8 Å². The number of benzene rings is 2. The number of nitrogens with zero attached hydrogens (tertiary/aromatic N) is 1. The monoisotopic (exact) mass is 357 g/mol. The van der Waals surface area contributed by atoms with Crippen LogP contribution >= 0.6 is 12.2 Å². The fourth-order valence-electron chi connectivity index (χ4n) is 2.49. The molecule has 0 aliphatic heterocycles. The van der Waals surface area contributed by atoms with Crippen LogP contribution in [0.25, 0.3) is 0 Å². The summed E-state index contributed by atoms with van der Waals surface area (Å²) < 4.78 is 0. The molecule has 2 unspecified atom stereocenters. The van der Waals surface area contributed by atoms with Gasteiger partial charge in [0.05, 0.1) is 11.0 Å². The summed E-state index contributed by atoms with van der Waals surface area (Å²) in [6, 6.07) is 14.8. The Morgan fingerprint density at radius 3 is 2.40 bits per heavy atom. The smallest absolute Gasteiger partial charge is 0.271 e. The van der Waals surface area contributed by atoms with E-state index in [0.717, 1.165) is 12.0 Å². The fourth-order valence-corrected chi connectivity index (χ4v) is 2.79. The first-order valence-electron chi connectivity index (χ1n) is 8.32. The predicted octanol–water partition coefficient (Wildman–Crippen LogP) is 5.16. The quantitative estimate of drug-likeness (QED) is 0.425. The van der Waals surface area contributed by atoms with Crippen molar-refractivity contribution >= 4 is 28.7 Å². The molecule has 0 amide bonds. The number of rotatable bonds is 6. The summed E-state index contributed by atoms with van der Waals surface area (Å²) in [4.78, 5) is 10.4. The van der Waals surface area contributed by atoms with E-state index in [1.165, 1.54) is 17.7 Å². The average molecular weight is 357 g/mol. The van der Waals surface area contributed by atoms with Crippen LogP contribution in [0, 0.1) is 10.1 Å². The lowest BCUT2D eigenvalue weighted by Gasteiger charge is -2.18.